The fourth-order valence-corrected chi connectivity index (χ4v) is 3.86. The Morgan fingerprint density at radius 2 is 1.50 bits per heavy atom. The first-order chi connectivity index (χ1) is 17.3. The molecule has 8 heteroatoms. The molecule has 8 nitrogen and oxygen atoms in total. The molecule has 1 heterocycles. The minimum absolute atomic E-state index is 0.118. The van der Waals surface area contributed by atoms with Crippen LogP contribution in [0.2, 0.25) is 0 Å². The maximum Gasteiger partial charge on any atom is 0.339 e. The number of carboxylic acid groups (broad SMARTS) is 1. The van der Waals surface area contributed by atoms with Crippen molar-refractivity contribution in [3.8, 4) is 39.7 Å². The van der Waals surface area contributed by atoms with E-state index < -0.39 is 5.97 Å². The van der Waals surface area contributed by atoms with Gasteiger partial charge in [0.1, 0.15) is 34.3 Å². The fraction of sp³-hybridized carbons (Fsp3) is 0.143. The molecule has 0 saturated heterocycles. The molecule has 4 rings (SSSR count). The second kappa shape index (κ2) is 10.3. The van der Waals surface area contributed by atoms with E-state index in [0.717, 1.165) is 5.56 Å². The number of furan rings is 1. The summed E-state index contributed by atoms with van der Waals surface area (Å²) in [6.07, 6.45) is 0. The lowest BCUT2D eigenvalue weighted by atomic mass is 10.00. The zero-order valence-corrected chi connectivity index (χ0v) is 20.2. The first kappa shape index (κ1) is 24.4. The summed E-state index contributed by atoms with van der Waals surface area (Å²) >= 11 is 0. The molecule has 0 aliphatic heterocycles. The lowest BCUT2D eigenvalue weighted by molar-refractivity contribution is 0.0694. The highest BCUT2D eigenvalue weighted by molar-refractivity contribution is 6.05. The number of hydrogen-bond acceptors (Lipinski definition) is 6. The number of benzene rings is 3. The molecule has 1 amide bonds. The molecule has 0 radical (unpaired) electrons. The summed E-state index contributed by atoms with van der Waals surface area (Å²) in [6, 6.07) is 19.1. The number of carbonyl (C=O) groups is 2. The SMILES string of the molecule is COc1cc(OC)c(-c2cccc(C(=O)Nc3ccc(-c4cc(C(=O)O)c(C)o4)cc3)c2)c(OC)c1. The Balaban J connectivity index is 1.57. The molecule has 0 fully saturated rings. The Kier molecular flexibility index (Phi) is 6.96. The summed E-state index contributed by atoms with van der Waals surface area (Å²) in [7, 11) is 4.68. The average molecular weight is 488 g/mol. The second-order valence-electron chi connectivity index (χ2n) is 7.90. The molecule has 0 aliphatic rings. The lowest BCUT2D eigenvalue weighted by Gasteiger charge is -2.16. The molecule has 1 aromatic heterocycles. The monoisotopic (exact) mass is 487 g/mol. The van der Waals surface area contributed by atoms with Gasteiger partial charge in [-0.1, -0.05) is 12.1 Å². The number of aromatic carboxylic acids is 1. The predicted octanol–water partition coefficient (Wildman–Crippen LogP) is 5.90. The number of ether oxygens (including phenoxy) is 3. The Morgan fingerprint density at radius 1 is 0.833 bits per heavy atom. The average Bonchev–Trinajstić information content (AvgIpc) is 3.30. The molecule has 0 bridgehead atoms. The van der Waals surface area contributed by atoms with Crippen LogP contribution in [0, 0.1) is 6.92 Å². The van der Waals surface area contributed by atoms with E-state index in [0.29, 0.717) is 51.1 Å². The van der Waals surface area contributed by atoms with Crippen molar-refractivity contribution < 1.29 is 33.3 Å². The van der Waals surface area contributed by atoms with E-state index in [1.54, 1.807) is 82.9 Å². The number of hydrogen-bond donors (Lipinski definition) is 2. The van der Waals surface area contributed by atoms with Gasteiger partial charge < -0.3 is 29.1 Å². The van der Waals surface area contributed by atoms with Crippen molar-refractivity contribution in [3.05, 3.63) is 83.6 Å². The normalized spacial score (nSPS) is 10.6. The van der Waals surface area contributed by atoms with Crippen molar-refractivity contribution in [2.45, 2.75) is 6.92 Å². The van der Waals surface area contributed by atoms with Gasteiger partial charge in [0.15, 0.2) is 0 Å². The van der Waals surface area contributed by atoms with Gasteiger partial charge in [0.05, 0.1) is 26.9 Å². The van der Waals surface area contributed by atoms with Gasteiger partial charge in [-0.2, -0.15) is 0 Å². The summed E-state index contributed by atoms with van der Waals surface area (Å²) in [5, 5.41) is 12.1. The number of carbonyl (C=O) groups excluding carboxylic acids is 1. The standard InChI is InChI=1S/C28H25NO7/c1-16-22(28(31)32)15-23(36-16)17-8-10-20(11-9-17)29-27(30)19-7-5-6-18(12-19)26-24(34-3)13-21(33-2)14-25(26)35-4/h5-15H,1-4H3,(H,29,30)(H,31,32). The van der Waals surface area contributed by atoms with Crippen LogP contribution in [-0.4, -0.2) is 38.3 Å². The number of methoxy groups -OCH3 is 3. The molecule has 0 spiro atoms. The summed E-state index contributed by atoms with van der Waals surface area (Å²) in [5.41, 5.74) is 3.29. The first-order valence-corrected chi connectivity index (χ1v) is 11.0. The van der Waals surface area contributed by atoms with Crippen molar-refractivity contribution in [1.82, 2.24) is 0 Å². The molecule has 2 N–H and O–H groups in total. The zero-order valence-electron chi connectivity index (χ0n) is 20.2. The predicted molar refractivity (Wildman–Crippen MR) is 135 cm³/mol. The van der Waals surface area contributed by atoms with Crippen LogP contribution in [-0.2, 0) is 0 Å². The van der Waals surface area contributed by atoms with Crippen molar-refractivity contribution in [2.75, 3.05) is 26.6 Å². The molecule has 0 unspecified atom stereocenters. The number of aryl methyl sites for hydroxylation is 1. The quantitative estimate of drug-likeness (QED) is 0.319. The fourth-order valence-electron chi connectivity index (χ4n) is 3.86. The zero-order chi connectivity index (χ0) is 25.8. The van der Waals surface area contributed by atoms with Crippen LogP contribution in [0.1, 0.15) is 26.5 Å². The van der Waals surface area contributed by atoms with Crippen LogP contribution in [0.15, 0.2) is 71.1 Å². The van der Waals surface area contributed by atoms with E-state index >= 15 is 0 Å². The Hall–Kier alpha value is -4.72. The highest BCUT2D eigenvalue weighted by atomic mass is 16.5. The largest absolute Gasteiger partial charge is 0.496 e. The molecule has 0 atom stereocenters. The number of nitrogens with one attached hydrogen (secondary N) is 1. The van der Waals surface area contributed by atoms with Gasteiger partial charge in [0.2, 0.25) is 0 Å². The topological polar surface area (TPSA) is 107 Å². The van der Waals surface area contributed by atoms with Crippen LogP contribution in [0.25, 0.3) is 22.5 Å². The van der Waals surface area contributed by atoms with Gasteiger partial charge in [0.25, 0.3) is 5.91 Å². The van der Waals surface area contributed by atoms with E-state index in [-0.39, 0.29) is 11.5 Å². The highest BCUT2D eigenvalue weighted by Gasteiger charge is 2.18. The second-order valence-corrected chi connectivity index (χ2v) is 7.90. The maximum absolute atomic E-state index is 13.0. The molecule has 0 aliphatic carbocycles. The van der Waals surface area contributed by atoms with E-state index in [1.165, 1.54) is 6.07 Å². The summed E-state index contributed by atoms with van der Waals surface area (Å²) in [4.78, 5) is 24.3. The first-order valence-electron chi connectivity index (χ1n) is 11.0. The van der Waals surface area contributed by atoms with E-state index in [1.807, 2.05) is 6.07 Å². The Labute approximate surface area is 208 Å². The molecule has 4 aromatic rings. The Morgan fingerprint density at radius 3 is 2.06 bits per heavy atom. The molecule has 184 valence electrons. The van der Waals surface area contributed by atoms with Crippen LogP contribution in [0.3, 0.4) is 0 Å². The highest BCUT2D eigenvalue weighted by Crippen LogP contribution is 2.42. The third-order valence-electron chi connectivity index (χ3n) is 5.70. The smallest absolute Gasteiger partial charge is 0.339 e. The Bertz CT molecular complexity index is 1400. The number of carboxylic acids is 1. The minimum atomic E-state index is -1.04. The van der Waals surface area contributed by atoms with Gasteiger partial charge in [-0.05, 0) is 55.0 Å². The van der Waals surface area contributed by atoms with Gasteiger partial charge in [0, 0.05) is 28.9 Å². The third kappa shape index (κ3) is 4.88. The van der Waals surface area contributed by atoms with Crippen molar-refractivity contribution >= 4 is 17.6 Å². The van der Waals surface area contributed by atoms with Gasteiger partial charge in [-0.15, -0.1) is 0 Å². The van der Waals surface area contributed by atoms with Crippen LogP contribution in [0.5, 0.6) is 17.2 Å². The van der Waals surface area contributed by atoms with Crippen molar-refractivity contribution in [1.29, 1.82) is 0 Å². The lowest BCUT2D eigenvalue weighted by Crippen LogP contribution is -2.11. The number of amides is 1. The van der Waals surface area contributed by atoms with Crippen LogP contribution < -0.4 is 19.5 Å². The molecule has 0 saturated carbocycles. The molecular weight excluding hydrogens is 462 g/mol. The summed E-state index contributed by atoms with van der Waals surface area (Å²) in [6.45, 7) is 1.60. The van der Waals surface area contributed by atoms with Gasteiger partial charge in [-0.3, -0.25) is 4.79 Å². The van der Waals surface area contributed by atoms with Crippen molar-refractivity contribution in [3.63, 3.8) is 0 Å². The molecular formula is C28H25NO7. The molecule has 36 heavy (non-hydrogen) atoms. The third-order valence-corrected chi connectivity index (χ3v) is 5.70. The van der Waals surface area contributed by atoms with E-state index in [9.17, 15) is 14.7 Å². The van der Waals surface area contributed by atoms with E-state index in [2.05, 4.69) is 5.32 Å². The summed E-state index contributed by atoms with van der Waals surface area (Å²) < 4.78 is 22.0. The van der Waals surface area contributed by atoms with Gasteiger partial charge >= 0.3 is 5.97 Å². The minimum Gasteiger partial charge on any atom is -0.496 e. The van der Waals surface area contributed by atoms with Crippen LogP contribution in [0.4, 0.5) is 5.69 Å². The molecule has 3 aromatic carbocycles. The van der Waals surface area contributed by atoms with E-state index in [4.69, 9.17) is 18.6 Å². The maximum atomic E-state index is 13.0. The number of anilines is 1. The van der Waals surface area contributed by atoms with Crippen LogP contribution >= 0.6 is 0 Å². The van der Waals surface area contributed by atoms with Gasteiger partial charge in [-0.25, -0.2) is 4.79 Å². The number of rotatable bonds is 8. The summed E-state index contributed by atoms with van der Waals surface area (Å²) in [5.74, 6) is 1.14. The van der Waals surface area contributed by atoms with Crippen molar-refractivity contribution in [2.24, 2.45) is 0 Å².